The number of rotatable bonds is 9. The van der Waals surface area contributed by atoms with Gasteiger partial charge in [-0.15, -0.1) is 11.3 Å². The normalized spacial score (nSPS) is 15.0. The van der Waals surface area contributed by atoms with Gasteiger partial charge in [0.15, 0.2) is 11.5 Å². The van der Waals surface area contributed by atoms with Crippen molar-refractivity contribution in [1.82, 2.24) is 15.2 Å². The van der Waals surface area contributed by atoms with E-state index in [4.69, 9.17) is 14.2 Å². The van der Waals surface area contributed by atoms with Crippen LogP contribution in [0.25, 0.3) is 10.6 Å². The van der Waals surface area contributed by atoms with Crippen molar-refractivity contribution in [1.29, 1.82) is 0 Å². The summed E-state index contributed by atoms with van der Waals surface area (Å²) in [5, 5.41) is 5.91. The van der Waals surface area contributed by atoms with Gasteiger partial charge in [-0.1, -0.05) is 29.8 Å². The Balaban J connectivity index is 1.40. The monoisotopic (exact) mass is 481 g/mol. The molecule has 0 saturated carbocycles. The maximum Gasteiger partial charge on any atom is 0.226 e. The van der Waals surface area contributed by atoms with Crippen molar-refractivity contribution < 1.29 is 19.0 Å². The molecule has 1 aromatic heterocycles. The number of nitrogens with zero attached hydrogens (tertiary/aromatic N) is 2. The molecule has 0 aliphatic carbocycles. The van der Waals surface area contributed by atoms with Gasteiger partial charge in [-0.3, -0.25) is 9.69 Å². The second kappa shape index (κ2) is 11.5. The second-order valence-corrected chi connectivity index (χ2v) is 9.13. The van der Waals surface area contributed by atoms with Crippen molar-refractivity contribution >= 4 is 17.2 Å². The van der Waals surface area contributed by atoms with Crippen LogP contribution in [0.15, 0.2) is 47.8 Å². The maximum absolute atomic E-state index is 12.8. The SMILES string of the molecule is COc1ccc(-c2nc(CC(=O)NCC(c3cccc(C)c3)N3CCOCC3)cs2)cc1OC. The summed E-state index contributed by atoms with van der Waals surface area (Å²) >= 11 is 1.51. The number of nitrogens with one attached hydrogen (secondary N) is 1. The summed E-state index contributed by atoms with van der Waals surface area (Å²) in [6.07, 6.45) is 0.243. The number of thiazole rings is 1. The quantitative estimate of drug-likeness (QED) is 0.500. The van der Waals surface area contributed by atoms with Crippen molar-refractivity contribution in [3.05, 3.63) is 64.7 Å². The van der Waals surface area contributed by atoms with Crippen LogP contribution in [0.1, 0.15) is 22.9 Å². The first-order valence-corrected chi connectivity index (χ1v) is 12.3. The largest absolute Gasteiger partial charge is 0.493 e. The first-order valence-electron chi connectivity index (χ1n) is 11.4. The summed E-state index contributed by atoms with van der Waals surface area (Å²) in [6.45, 7) is 5.79. The first kappa shape index (κ1) is 24.2. The van der Waals surface area contributed by atoms with Crippen LogP contribution in [-0.4, -0.2) is 62.9 Å². The molecule has 34 heavy (non-hydrogen) atoms. The lowest BCUT2D eigenvalue weighted by molar-refractivity contribution is -0.120. The molecule has 3 aromatic rings. The third-order valence-electron chi connectivity index (χ3n) is 5.93. The summed E-state index contributed by atoms with van der Waals surface area (Å²) in [4.78, 5) is 19.9. The number of benzene rings is 2. The highest BCUT2D eigenvalue weighted by Gasteiger charge is 2.23. The molecule has 1 fully saturated rings. The summed E-state index contributed by atoms with van der Waals surface area (Å²) in [5.74, 6) is 1.29. The Hall–Kier alpha value is -2.94. The van der Waals surface area contributed by atoms with Gasteiger partial charge in [0, 0.05) is 30.6 Å². The highest BCUT2D eigenvalue weighted by atomic mass is 32.1. The molecule has 1 atom stereocenters. The van der Waals surface area contributed by atoms with Gasteiger partial charge in [-0.2, -0.15) is 0 Å². The number of hydrogen-bond acceptors (Lipinski definition) is 7. The van der Waals surface area contributed by atoms with Gasteiger partial charge in [0.2, 0.25) is 5.91 Å². The third kappa shape index (κ3) is 5.94. The lowest BCUT2D eigenvalue weighted by Gasteiger charge is -2.35. The lowest BCUT2D eigenvalue weighted by atomic mass is 10.0. The van der Waals surface area contributed by atoms with Gasteiger partial charge in [0.05, 0.1) is 45.6 Å². The number of aromatic nitrogens is 1. The third-order valence-corrected chi connectivity index (χ3v) is 6.87. The topological polar surface area (TPSA) is 72.9 Å². The maximum atomic E-state index is 12.8. The number of carbonyl (C=O) groups is 1. The Labute approximate surface area is 204 Å². The van der Waals surface area contributed by atoms with Crippen molar-refractivity contribution in [2.24, 2.45) is 0 Å². The molecular weight excluding hydrogens is 450 g/mol. The van der Waals surface area contributed by atoms with Crippen LogP contribution in [-0.2, 0) is 16.0 Å². The molecule has 0 radical (unpaired) electrons. The fourth-order valence-corrected chi connectivity index (χ4v) is 4.97. The van der Waals surface area contributed by atoms with E-state index >= 15 is 0 Å². The Morgan fingerprint density at radius 3 is 2.68 bits per heavy atom. The van der Waals surface area contributed by atoms with Crippen molar-refractivity contribution in [2.75, 3.05) is 47.1 Å². The van der Waals surface area contributed by atoms with Crippen LogP contribution < -0.4 is 14.8 Å². The van der Waals surface area contributed by atoms with E-state index in [1.165, 1.54) is 22.5 Å². The predicted octanol–water partition coefficient (Wildman–Crippen LogP) is 3.87. The molecule has 1 aliphatic rings. The fraction of sp³-hybridized carbons (Fsp3) is 0.385. The zero-order valence-corrected chi connectivity index (χ0v) is 20.7. The summed E-state index contributed by atoms with van der Waals surface area (Å²) < 4.78 is 16.2. The molecule has 8 heteroatoms. The van der Waals surface area contributed by atoms with E-state index < -0.39 is 0 Å². The summed E-state index contributed by atoms with van der Waals surface area (Å²) in [7, 11) is 3.22. The van der Waals surface area contributed by atoms with Crippen molar-refractivity contribution in [3.63, 3.8) is 0 Å². The number of aryl methyl sites for hydroxylation is 1. The Kier molecular flexibility index (Phi) is 8.16. The number of carbonyl (C=O) groups excluding carboxylic acids is 1. The van der Waals surface area contributed by atoms with E-state index in [0.717, 1.165) is 29.4 Å². The molecule has 1 N–H and O–H groups in total. The van der Waals surface area contributed by atoms with Gasteiger partial charge < -0.3 is 19.5 Å². The average molecular weight is 482 g/mol. The molecule has 1 saturated heterocycles. The van der Waals surface area contributed by atoms with E-state index in [1.54, 1.807) is 14.2 Å². The van der Waals surface area contributed by atoms with E-state index in [-0.39, 0.29) is 18.4 Å². The molecule has 1 unspecified atom stereocenters. The van der Waals surface area contributed by atoms with Crippen LogP contribution in [0.5, 0.6) is 11.5 Å². The minimum Gasteiger partial charge on any atom is -0.493 e. The standard InChI is InChI=1S/C26H31N3O4S/c1-18-5-4-6-19(13-18)22(29-9-11-33-12-10-29)16-27-25(30)15-21-17-34-26(28-21)20-7-8-23(31-2)24(14-20)32-3/h4-8,13-14,17,22H,9-12,15-16H2,1-3H3,(H,27,30). The van der Waals surface area contributed by atoms with Gasteiger partial charge >= 0.3 is 0 Å². The van der Waals surface area contributed by atoms with Crippen LogP contribution in [0.3, 0.4) is 0 Å². The highest BCUT2D eigenvalue weighted by Crippen LogP contribution is 2.33. The minimum atomic E-state index is -0.0323. The summed E-state index contributed by atoms with van der Waals surface area (Å²) in [6, 6.07) is 14.3. The van der Waals surface area contributed by atoms with Crippen LogP contribution in [0, 0.1) is 6.92 Å². The fourth-order valence-electron chi connectivity index (χ4n) is 4.15. The first-order chi connectivity index (χ1) is 16.6. The number of methoxy groups -OCH3 is 2. The molecule has 0 bridgehead atoms. The number of morpholine rings is 1. The van der Waals surface area contributed by atoms with Crippen LogP contribution in [0.2, 0.25) is 0 Å². The zero-order chi connectivity index (χ0) is 23.9. The average Bonchev–Trinajstić information content (AvgIpc) is 3.32. The minimum absolute atomic E-state index is 0.0323. The molecule has 1 amide bonds. The Morgan fingerprint density at radius 2 is 1.94 bits per heavy atom. The van der Waals surface area contributed by atoms with E-state index in [9.17, 15) is 4.79 Å². The van der Waals surface area contributed by atoms with E-state index in [0.29, 0.717) is 31.3 Å². The van der Waals surface area contributed by atoms with Gasteiger partial charge in [0.25, 0.3) is 0 Å². The van der Waals surface area contributed by atoms with Gasteiger partial charge in [-0.25, -0.2) is 4.98 Å². The highest BCUT2D eigenvalue weighted by molar-refractivity contribution is 7.13. The number of ether oxygens (including phenoxy) is 3. The van der Waals surface area contributed by atoms with Gasteiger partial charge in [-0.05, 0) is 30.7 Å². The Morgan fingerprint density at radius 1 is 1.15 bits per heavy atom. The molecule has 2 aromatic carbocycles. The number of hydrogen-bond donors (Lipinski definition) is 1. The molecule has 0 spiro atoms. The Bertz CT molecular complexity index is 1110. The number of amides is 1. The second-order valence-electron chi connectivity index (χ2n) is 8.27. The molecule has 1 aliphatic heterocycles. The molecule has 4 rings (SSSR count). The van der Waals surface area contributed by atoms with Crippen molar-refractivity contribution in [2.45, 2.75) is 19.4 Å². The molecule has 2 heterocycles. The zero-order valence-electron chi connectivity index (χ0n) is 19.9. The summed E-state index contributed by atoms with van der Waals surface area (Å²) in [5.41, 5.74) is 4.12. The van der Waals surface area contributed by atoms with Gasteiger partial charge in [0.1, 0.15) is 5.01 Å². The van der Waals surface area contributed by atoms with E-state index in [2.05, 4.69) is 46.4 Å². The van der Waals surface area contributed by atoms with Crippen LogP contribution in [0.4, 0.5) is 0 Å². The smallest absolute Gasteiger partial charge is 0.226 e. The van der Waals surface area contributed by atoms with E-state index in [1.807, 2.05) is 23.6 Å². The predicted molar refractivity (Wildman–Crippen MR) is 134 cm³/mol. The lowest BCUT2D eigenvalue weighted by Crippen LogP contribution is -2.44. The molecule has 7 nitrogen and oxygen atoms in total. The molecular formula is C26H31N3O4S. The molecule has 180 valence electrons. The van der Waals surface area contributed by atoms with Crippen molar-refractivity contribution in [3.8, 4) is 22.1 Å². The van der Waals surface area contributed by atoms with Crippen LogP contribution >= 0.6 is 11.3 Å².